The van der Waals surface area contributed by atoms with Crippen LogP contribution in [0.15, 0.2) is 63.5 Å². The highest BCUT2D eigenvalue weighted by Gasteiger charge is 2.29. The van der Waals surface area contributed by atoms with Crippen molar-refractivity contribution in [2.45, 2.75) is 19.4 Å². The van der Waals surface area contributed by atoms with E-state index in [0.717, 1.165) is 38.7 Å². The molecule has 0 fully saturated rings. The summed E-state index contributed by atoms with van der Waals surface area (Å²) in [5, 5.41) is 9.79. The fraction of sp³-hybridized carbons (Fsp3) is 0.200. The molecule has 4 nitrogen and oxygen atoms in total. The van der Waals surface area contributed by atoms with Gasteiger partial charge in [-0.1, -0.05) is 40.2 Å². The highest BCUT2D eigenvalue weighted by atomic mass is 79.9. The Hall–Kier alpha value is -2.18. The second kappa shape index (κ2) is 7.21. The van der Waals surface area contributed by atoms with Crippen molar-refractivity contribution < 1.29 is 4.74 Å². The summed E-state index contributed by atoms with van der Waals surface area (Å²) in [5.74, 6) is 0.863. The van der Waals surface area contributed by atoms with E-state index < -0.39 is 0 Å². The molecule has 6 heteroatoms. The van der Waals surface area contributed by atoms with Crippen LogP contribution in [0, 0.1) is 0 Å². The maximum atomic E-state index is 5.27. The second-order valence-electron chi connectivity index (χ2n) is 6.20. The summed E-state index contributed by atoms with van der Waals surface area (Å²) in [6, 6.07) is 16.6. The number of ether oxygens (including phenoxy) is 1. The van der Waals surface area contributed by atoms with Crippen molar-refractivity contribution >= 4 is 38.1 Å². The van der Waals surface area contributed by atoms with Gasteiger partial charge in [0.2, 0.25) is 5.13 Å². The highest BCUT2D eigenvalue weighted by molar-refractivity contribution is 9.10. The number of hydrogen-bond donors (Lipinski definition) is 0. The van der Waals surface area contributed by atoms with Gasteiger partial charge in [0.25, 0.3) is 0 Å². The lowest BCUT2D eigenvalue weighted by Gasteiger charge is -2.21. The molecule has 0 bridgehead atoms. The molecular formula is C20H18BrN3OS. The normalized spacial score (nSPS) is 16.7. The molecule has 4 rings (SSSR count). The van der Waals surface area contributed by atoms with Crippen molar-refractivity contribution in [2.75, 3.05) is 12.1 Å². The molecule has 1 atom stereocenters. The average Bonchev–Trinajstić information content (AvgIpc) is 3.28. The summed E-state index contributed by atoms with van der Waals surface area (Å²) in [7, 11) is 1.68. The summed E-state index contributed by atoms with van der Waals surface area (Å²) >= 11 is 5.15. The fourth-order valence-electron chi connectivity index (χ4n) is 3.07. The Bertz CT molecular complexity index is 952. The van der Waals surface area contributed by atoms with Crippen LogP contribution in [0.5, 0.6) is 5.75 Å². The van der Waals surface area contributed by atoms with E-state index >= 15 is 0 Å². The number of benzene rings is 2. The molecule has 2 heterocycles. The molecule has 1 unspecified atom stereocenters. The Balaban J connectivity index is 1.64. The van der Waals surface area contributed by atoms with Crippen LogP contribution in [0.1, 0.15) is 24.9 Å². The molecule has 132 valence electrons. The maximum absolute atomic E-state index is 5.27. The lowest BCUT2D eigenvalue weighted by atomic mass is 10.0. The summed E-state index contributed by atoms with van der Waals surface area (Å²) in [6.45, 7) is 2.07. The van der Waals surface area contributed by atoms with E-state index in [1.165, 1.54) is 5.56 Å². The van der Waals surface area contributed by atoms with E-state index in [9.17, 15) is 0 Å². The molecule has 0 saturated heterocycles. The summed E-state index contributed by atoms with van der Waals surface area (Å²) in [4.78, 5) is 4.84. The van der Waals surface area contributed by atoms with Gasteiger partial charge in [0.15, 0.2) is 0 Å². The number of hydrogen-bond acceptors (Lipinski definition) is 5. The number of rotatable bonds is 4. The number of nitrogens with zero attached hydrogens (tertiary/aromatic N) is 3. The minimum Gasteiger partial charge on any atom is -0.497 e. The second-order valence-corrected chi connectivity index (χ2v) is 7.95. The number of methoxy groups -OCH3 is 1. The lowest BCUT2D eigenvalue weighted by molar-refractivity contribution is 0.414. The van der Waals surface area contributed by atoms with Crippen molar-refractivity contribution in [3.05, 3.63) is 63.9 Å². The Morgan fingerprint density at radius 1 is 1.19 bits per heavy atom. The molecule has 3 aromatic rings. The third-order valence-corrected chi connectivity index (χ3v) is 5.69. The first-order chi connectivity index (χ1) is 12.6. The predicted octanol–water partition coefficient (Wildman–Crippen LogP) is 5.91. The zero-order valence-electron chi connectivity index (χ0n) is 14.5. The predicted molar refractivity (Wildman–Crippen MR) is 111 cm³/mol. The van der Waals surface area contributed by atoms with E-state index in [4.69, 9.17) is 14.8 Å². The van der Waals surface area contributed by atoms with E-state index in [1.807, 2.05) is 29.3 Å². The van der Waals surface area contributed by atoms with Gasteiger partial charge < -0.3 is 4.74 Å². The highest BCUT2D eigenvalue weighted by Crippen LogP contribution is 2.38. The molecule has 1 aromatic heterocycles. The number of hydrazone groups is 1. The van der Waals surface area contributed by atoms with Crippen LogP contribution in [0.3, 0.4) is 0 Å². The molecule has 0 aliphatic carbocycles. The number of aromatic nitrogens is 1. The van der Waals surface area contributed by atoms with Gasteiger partial charge in [-0.05, 0) is 36.8 Å². The third-order valence-electron chi connectivity index (χ3n) is 4.37. The van der Waals surface area contributed by atoms with Gasteiger partial charge in [-0.15, -0.1) is 11.3 Å². The van der Waals surface area contributed by atoms with Crippen molar-refractivity contribution in [1.82, 2.24) is 4.98 Å². The Kier molecular flexibility index (Phi) is 4.78. The van der Waals surface area contributed by atoms with Crippen LogP contribution in [0.4, 0.5) is 5.13 Å². The van der Waals surface area contributed by atoms with Crippen LogP contribution in [-0.4, -0.2) is 17.8 Å². The first kappa shape index (κ1) is 17.2. The summed E-state index contributed by atoms with van der Waals surface area (Å²) in [6.07, 6.45) is 0.901. The first-order valence-electron chi connectivity index (χ1n) is 8.33. The maximum Gasteiger partial charge on any atom is 0.207 e. The van der Waals surface area contributed by atoms with Crippen molar-refractivity contribution in [1.29, 1.82) is 0 Å². The zero-order valence-corrected chi connectivity index (χ0v) is 16.9. The Morgan fingerprint density at radius 2 is 2.00 bits per heavy atom. The monoisotopic (exact) mass is 427 g/mol. The molecule has 2 aromatic carbocycles. The van der Waals surface area contributed by atoms with Crippen LogP contribution < -0.4 is 9.75 Å². The zero-order chi connectivity index (χ0) is 18.1. The smallest absolute Gasteiger partial charge is 0.207 e. The molecular weight excluding hydrogens is 410 g/mol. The van der Waals surface area contributed by atoms with Gasteiger partial charge >= 0.3 is 0 Å². The fourth-order valence-corrected chi connectivity index (χ4v) is 4.30. The molecule has 0 amide bonds. The van der Waals surface area contributed by atoms with Crippen LogP contribution in [0.2, 0.25) is 0 Å². The average molecular weight is 428 g/mol. The van der Waals surface area contributed by atoms with Gasteiger partial charge in [0.05, 0.1) is 18.8 Å². The van der Waals surface area contributed by atoms with Crippen molar-refractivity contribution in [2.24, 2.45) is 5.10 Å². The molecule has 0 radical (unpaired) electrons. The van der Waals surface area contributed by atoms with Crippen LogP contribution in [-0.2, 0) is 0 Å². The van der Waals surface area contributed by atoms with E-state index in [2.05, 4.69) is 52.5 Å². The number of halogens is 1. The molecule has 0 N–H and O–H groups in total. The van der Waals surface area contributed by atoms with E-state index in [1.54, 1.807) is 18.4 Å². The Morgan fingerprint density at radius 3 is 2.73 bits per heavy atom. The standard InChI is InChI=1S/C20H18BrN3OS/c1-13-10-19(14-6-8-17(25-2)9-7-14)24(23-13)20-22-18(12-26-20)15-4-3-5-16(21)11-15/h3-9,11-12,19H,10H2,1-2H3. The van der Waals surface area contributed by atoms with Gasteiger partial charge in [-0.2, -0.15) is 5.10 Å². The summed E-state index contributed by atoms with van der Waals surface area (Å²) in [5.41, 5.74) is 4.40. The quantitative estimate of drug-likeness (QED) is 0.519. The van der Waals surface area contributed by atoms with E-state index in [-0.39, 0.29) is 6.04 Å². The van der Waals surface area contributed by atoms with Gasteiger partial charge in [0.1, 0.15) is 5.75 Å². The number of thiazole rings is 1. The Labute approximate surface area is 165 Å². The number of anilines is 1. The van der Waals surface area contributed by atoms with Gasteiger partial charge in [0, 0.05) is 27.5 Å². The first-order valence-corrected chi connectivity index (χ1v) is 10.00. The van der Waals surface area contributed by atoms with E-state index in [0.29, 0.717) is 0 Å². The minimum atomic E-state index is 0.169. The molecule has 1 aliphatic heterocycles. The lowest BCUT2D eigenvalue weighted by Crippen LogP contribution is -2.18. The summed E-state index contributed by atoms with van der Waals surface area (Å²) < 4.78 is 6.32. The van der Waals surface area contributed by atoms with Crippen molar-refractivity contribution in [3.8, 4) is 17.0 Å². The third kappa shape index (κ3) is 3.39. The van der Waals surface area contributed by atoms with Crippen molar-refractivity contribution in [3.63, 3.8) is 0 Å². The van der Waals surface area contributed by atoms with Crippen LogP contribution >= 0.6 is 27.3 Å². The molecule has 1 aliphatic rings. The molecule has 0 saturated carbocycles. The van der Waals surface area contributed by atoms with Gasteiger partial charge in [-0.3, -0.25) is 0 Å². The SMILES string of the molecule is COc1ccc(C2CC(C)=NN2c2nc(-c3cccc(Br)c3)cs2)cc1. The van der Waals surface area contributed by atoms with Crippen LogP contribution in [0.25, 0.3) is 11.3 Å². The van der Waals surface area contributed by atoms with Gasteiger partial charge in [-0.25, -0.2) is 9.99 Å². The minimum absolute atomic E-state index is 0.169. The molecule has 26 heavy (non-hydrogen) atoms. The topological polar surface area (TPSA) is 37.7 Å². The molecule has 0 spiro atoms. The largest absolute Gasteiger partial charge is 0.497 e.